The molecule has 1 aliphatic rings. The number of aromatic nitrogens is 2. The highest BCUT2D eigenvalue weighted by molar-refractivity contribution is 6.42. The van der Waals surface area contributed by atoms with Crippen LogP contribution in [0.1, 0.15) is 55.8 Å². The van der Waals surface area contributed by atoms with Crippen LogP contribution >= 0.6 is 23.2 Å². The van der Waals surface area contributed by atoms with E-state index < -0.39 is 5.54 Å². The van der Waals surface area contributed by atoms with Crippen molar-refractivity contribution in [2.45, 2.75) is 44.1 Å². The zero-order valence-electron chi connectivity index (χ0n) is 11.8. The highest BCUT2D eigenvalue weighted by Crippen LogP contribution is 2.36. The summed E-state index contributed by atoms with van der Waals surface area (Å²) in [6.07, 6.45) is 4.05. The molecule has 1 fully saturated rings. The Morgan fingerprint density at radius 1 is 1.24 bits per heavy atom. The molecule has 1 aromatic carbocycles. The van der Waals surface area contributed by atoms with Crippen LogP contribution < -0.4 is 5.73 Å². The zero-order chi connectivity index (χ0) is 15.0. The van der Waals surface area contributed by atoms with Gasteiger partial charge in [0, 0.05) is 0 Å². The minimum absolute atomic E-state index is 0.0500. The Kier molecular flexibility index (Phi) is 3.95. The van der Waals surface area contributed by atoms with E-state index in [0.717, 1.165) is 31.2 Å². The molecular weight excluding hydrogens is 309 g/mol. The summed E-state index contributed by atoms with van der Waals surface area (Å²) in [6, 6.07) is 5.51. The first-order valence-electron chi connectivity index (χ1n) is 7.07. The zero-order valence-corrected chi connectivity index (χ0v) is 13.3. The van der Waals surface area contributed by atoms with Gasteiger partial charge in [-0.15, -0.1) is 0 Å². The van der Waals surface area contributed by atoms with Crippen molar-refractivity contribution in [3.8, 4) is 0 Å². The lowest BCUT2D eigenvalue weighted by Gasteiger charge is -2.17. The van der Waals surface area contributed by atoms with Crippen LogP contribution in [-0.2, 0) is 5.54 Å². The molecule has 2 aromatic rings. The van der Waals surface area contributed by atoms with Gasteiger partial charge < -0.3 is 10.3 Å². The molecule has 112 valence electrons. The average molecular weight is 326 g/mol. The lowest BCUT2D eigenvalue weighted by Crippen LogP contribution is -2.34. The Morgan fingerprint density at radius 3 is 2.62 bits per heavy atom. The van der Waals surface area contributed by atoms with Gasteiger partial charge in [0.05, 0.1) is 21.5 Å². The first kappa shape index (κ1) is 14.8. The van der Waals surface area contributed by atoms with Crippen molar-refractivity contribution in [2.75, 3.05) is 0 Å². The highest BCUT2D eigenvalue weighted by Gasteiger charge is 2.36. The third-order valence-corrected chi connectivity index (χ3v) is 4.94. The maximum atomic E-state index is 6.35. The summed E-state index contributed by atoms with van der Waals surface area (Å²) in [5.74, 6) is 1.12. The monoisotopic (exact) mass is 325 g/mol. The molecule has 0 bridgehead atoms. The van der Waals surface area contributed by atoms with E-state index in [-0.39, 0.29) is 5.92 Å². The molecule has 0 aliphatic heterocycles. The van der Waals surface area contributed by atoms with Gasteiger partial charge in [0.1, 0.15) is 0 Å². The molecule has 21 heavy (non-hydrogen) atoms. The van der Waals surface area contributed by atoms with Crippen LogP contribution in [0.15, 0.2) is 22.7 Å². The van der Waals surface area contributed by atoms with E-state index >= 15 is 0 Å². The number of nitrogens with zero attached hydrogens (tertiary/aromatic N) is 2. The van der Waals surface area contributed by atoms with Crippen molar-refractivity contribution in [3.63, 3.8) is 0 Å². The van der Waals surface area contributed by atoms with Crippen LogP contribution in [0, 0.1) is 0 Å². The Bertz CT molecular complexity index is 650. The van der Waals surface area contributed by atoms with Crippen molar-refractivity contribution in [3.05, 3.63) is 45.5 Å². The van der Waals surface area contributed by atoms with Crippen LogP contribution in [0.2, 0.25) is 10.0 Å². The fourth-order valence-corrected chi connectivity index (χ4v) is 3.07. The van der Waals surface area contributed by atoms with Crippen molar-refractivity contribution < 1.29 is 4.52 Å². The van der Waals surface area contributed by atoms with Crippen molar-refractivity contribution in [1.82, 2.24) is 10.1 Å². The van der Waals surface area contributed by atoms with E-state index in [9.17, 15) is 0 Å². The van der Waals surface area contributed by atoms with Gasteiger partial charge in [0.25, 0.3) is 0 Å². The minimum atomic E-state index is -0.431. The number of halogens is 2. The Balaban J connectivity index is 1.86. The van der Waals surface area contributed by atoms with Crippen molar-refractivity contribution >= 4 is 23.2 Å². The van der Waals surface area contributed by atoms with E-state index in [0.29, 0.717) is 21.8 Å². The molecule has 6 heteroatoms. The second-order valence-electron chi connectivity index (χ2n) is 5.71. The molecule has 1 saturated carbocycles. The van der Waals surface area contributed by atoms with Gasteiger partial charge >= 0.3 is 0 Å². The smallest absolute Gasteiger partial charge is 0.233 e. The SMILES string of the molecule is CC(c1ccc(Cl)c(Cl)c1)c1nc(C2(N)CCCC2)no1. The Hall–Kier alpha value is -1.10. The van der Waals surface area contributed by atoms with Crippen LogP contribution in [0.25, 0.3) is 0 Å². The molecule has 3 rings (SSSR count). The van der Waals surface area contributed by atoms with Crippen LogP contribution in [0.5, 0.6) is 0 Å². The van der Waals surface area contributed by atoms with E-state index in [4.69, 9.17) is 33.5 Å². The van der Waals surface area contributed by atoms with Crippen molar-refractivity contribution in [2.24, 2.45) is 5.73 Å². The summed E-state index contributed by atoms with van der Waals surface area (Å²) in [7, 11) is 0. The van der Waals surface area contributed by atoms with Crippen LogP contribution in [0.3, 0.4) is 0 Å². The maximum Gasteiger partial charge on any atom is 0.233 e. The topological polar surface area (TPSA) is 64.9 Å². The average Bonchev–Trinajstić information content (AvgIpc) is 3.11. The van der Waals surface area contributed by atoms with Gasteiger partial charge in [-0.05, 0) is 37.5 Å². The van der Waals surface area contributed by atoms with E-state index in [2.05, 4.69) is 10.1 Å². The fourth-order valence-electron chi connectivity index (χ4n) is 2.77. The van der Waals surface area contributed by atoms with Crippen molar-refractivity contribution in [1.29, 1.82) is 0 Å². The van der Waals surface area contributed by atoms with E-state index in [1.165, 1.54) is 0 Å². The normalized spacial score (nSPS) is 18.9. The van der Waals surface area contributed by atoms with Gasteiger partial charge in [-0.3, -0.25) is 0 Å². The first-order valence-corrected chi connectivity index (χ1v) is 7.83. The largest absolute Gasteiger partial charge is 0.339 e. The van der Waals surface area contributed by atoms with Gasteiger partial charge in [-0.25, -0.2) is 0 Å². The lowest BCUT2D eigenvalue weighted by molar-refractivity contribution is 0.344. The summed E-state index contributed by atoms with van der Waals surface area (Å²) in [5, 5.41) is 5.14. The Labute approximate surface area is 133 Å². The molecule has 0 amide bonds. The number of benzene rings is 1. The Morgan fingerprint density at radius 2 is 1.95 bits per heavy atom. The molecule has 1 heterocycles. The molecule has 1 aromatic heterocycles. The molecular formula is C15H17Cl2N3O. The first-order chi connectivity index (χ1) is 9.99. The van der Waals surface area contributed by atoms with Crippen LogP contribution in [0.4, 0.5) is 0 Å². The molecule has 4 nitrogen and oxygen atoms in total. The molecule has 1 atom stereocenters. The molecule has 0 spiro atoms. The van der Waals surface area contributed by atoms with Gasteiger partial charge in [-0.2, -0.15) is 4.98 Å². The van der Waals surface area contributed by atoms with E-state index in [1.807, 2.05) is 19.1 Å². The molecule has 1 aliphatic carbocycles. The second kappa shape index (κ2) is 5.59. The number of rotatable bonds is 3. The highest BCUT2D eigenvalue weighted by atomic mass is 35.5. The second-order valence-corrected chi connectivity index (χ2v) is 6.53. The standard InChI is InChI=1S/C15H17Cl2N3O/c1-9(10-4-5-11(16)12(17)8-10)13-19-14(20-21-13)15(18)6-2-3-7-15/h4-5,8-9H,2-3,6-7,18H2,1H3. The summed E-state index contributed by atoms with van der Waals surface area (Å²) in [5.41, 5.74) is 6.90. The number of nitrogens with two attached hydrogens (primary N) is 1. The summed E-state index contributed by atoms with van der Waals surface area (Å²) in [6.45, 7) is 1.99. The van der Waals surface area contributed by atoms with Gasteiger partial charge in [-0.1, -0.05) is 47.3 Å². The predicted molar refractivity (Wildman–Crippen MR) is 82.6 cm³/mol. The third-order valence-electron chi connectivity index (χ3n) is 4.20. The molecule has 0 saturated heterocycles. The van der Waals surface area contributed by atoms with Gasteiger partial charge in [0.2, 0.25) is 5.89 Å². The molecule has 2 N–H and O–H groups in total. The maximum absolute atomic E-state index is 6.35. The van der Waals surface area contributed by atoms with Crippen LogP contribution in [-0.4, -0.2) is 10.1 Å². The minimum Gasteiger partial charge on any atom is -0.339 e. The number of hydrogen-bond acceptors (Lipinski definition) is 4. The summed E-state index contributed by atoms with van der Waals surface area (Å²) >= 11 is 12.0. The summed E-state index contributed by atoms with van der Waals surface area (Å²) < 4.78 is 5.41. The molecule has 1 unspecified atom stereocenters. The van der Waals surface area contributed by atoms with E-state index in [1.54, 1.807) is 6.07 Å². The predicted octanol–water partition coefficient (Wildman–Crippen LogP) is 4.26. The summed E-state index contributed by atoms with van der Waals surface area (Å²) in [4.78, 5) is 4.51. The third kappa shape index (κ3) is 2.80. The quantitative estimate of drug-likeness (QED) is 0.915. The fraction of sp³-hybridized carbons (Fsp3) is 0.467. The lowest BCUT2D eigenvalue weighted by atomic mass is 9.98. The number of hydrogen-bond donors (Lipinski definition) is 1. The molecule has 0 radical (unpaired) electrons. The van der Waals surface area contributed by atoms with Gasteiger partial charge in [0.15, 0.2) is 5.82 Å².